The first-order chi connectivity index (χ1) is 9.31. The van der Waals surface area contributed by atoms with Crippen molar-refractivity contribution in [3.8, 4) is 5.69 Å². The van der Waals surface area contributed by atoms with E-state index >= 15 is 0 Å². The predicted octanol–water partition coefficient (Wildman–Crippen LogP) is 2.98. The molecule has 0 atom stereocenters. The lowest BCUT2D eigenvalue weighted by Crippen LogP contribution is -2.06. The van der Waals surface area contributed by atoms with E-state index in [1.165, 1.54) is 5.56 Å². The molecule has 0 aliphatic heterocycles. The maximum absolute atomic E-state index is 11.1. The van der Waals surface area contributed by atoms with Gasteiger partial charge in [-0.3, -0.25) is 4.79 Å². The number of benzene rings is 1. The minimum atomic E-state index is 0.458. The Bertz CT molecular complexity index is 560. The Morgan fingerprint density at radius 2 is 2.05 bits per heavy atom. The van der Waals surface area contributed by atoms with Crippen molar-refractivity contribution in [2.24, 2.45) is 0 Å². The van der Waals surface area contributed by atoms with Gasteiger partial charge in [-0.15, -0.1) is 5.10 Å². The summed E-state index contributed by atoms with van der Waals surface area (Å²) < 4.78 is 1.82. The summed E-state index contributed by atoms with van der Waals surface area (Å²) in [5, 5.41) is 8.14. The number of hydrogen-bond donors (Lipinski definition) is 0. The van der Waals surface area contributed by atoms with Gasteiger partial charge in [-0.05, 0) is 30.9 Å². The zero-order valence-corrected chi connectivity index (χ0v) is 11.5. The van der Waals surface area contributed by atoms with E-state index in [1.807, 2.05) is 22.9 Å². The number of hydrogen-bond acceptors (Lipinski definition) is 3. The third-order valence-corrected chi connectivity index (χ3v) is 3.27. The normalized spacial score (nSPS) is 10.6. The molecule has 2 aromatic rings. The molecule has 0 spiro atoms. The quantitative estimate of drug-likeness (QED) is 0.747. The van der Waals surface area contributed by atoms with Crippen LogP contribution in [0.4, 0.5) is 0 Å². The van der Waals surface area contributed by atoms with Crippen molar-refractivity contribution in [1.29, 1.82) is 0 Å². The molecule has 0 amide bonds. The van der Waals surface area contributed by atoms with Crippen LogP contribution in [-0.4, -0.2) is 21.3 Å². The highest BCUT2D eigenvalue weighted by molar-refractivity contribution is 5.73. The molecule has 0 aliphatic carbocycles. The summed E-state index contributed by atoms with van der Waals surface area (Å²) in [6.45, 7) is 4.25. The van der Waals surface area contributed by atoms with Gasteiger partial charge in [-0.2, -0.15) is 0 Å². The summed E-state index contributed by atoms with van der Waals surface area (Å²) in [6.07, 6.45) is 4.67. The van der Waals surface area contributed by atoms with Crippen LogP contribution in [0, 0.1) is 0 Å². The maximum atomic E-state index is 11.1. The van der Waals surface area contributed by atoms with E-state index in [4.69, 9.17) is 0 Å². The van der Waals surface area contributed by atoms with Crippen molar-refractivity contribution in [2.45, 2.75) is 39.5 Å². The third kappa shape index (κ3) is 2.72. The van der Waals surface area contributed by atoms with Gasteiger partial charge in [0.1, 0.15) is 5.69 Å². The van der Waals surface area contributed by atoms with Crippen molar-refractivity contribution in [3.05, 3.63) is 41.2 Å². The SMILES string of the molecule is CCCCc1c(C=O)nnn1-c1ccccc1CC. The van der Waals surface area contributed by atoms with E-state index in [2.05, 4.69) is 30.2 Å². The highest BCUT2D eigenvalue weighted by atomic mass is 16.1. The van der Waals surface area contributed by atoms with Gasteiger partial charge in [-0.1, -0.05) is 43.7 Å². The molecule has 0 aliphatic rings. The molecule has 1 aromatic heterocycles. The Morgan fingerprint density at radius 3 is 2.74 bits per heavy atom. The fourth-order valence-electron chi connectivity index (χ4n) is 2.19. The van der Waals surface area contributed by atoms with Crippen LogP contribution in [0.1, 0.15) is 48.4 Å². The number of unbranched alkanes of at least 4 members (excludes halogenated alkanes) is 1. The van der Waals surface area contributed by atoms with Gasteiger partial charge in [0.2, 0.25) is 0 Å². The van der Waals surface area contributed by atoms with Crippen LogP contribution in [-0.2, 0) is 12.8 Å². The number of carbonyl (C=O) groups is 1. The highest BCUT2D eigenvalue weighted by Crippen LogP contribution is 2.18. The van der Waals surface area contributed by atoms with Crippen LogP contribution < -0.4 is 0 Å². The van der Waals surface area contributed by atoms with Gasteiger partial charge in [0.15, 0.2) is 6.29 Å². The smallest absolute Gasteiger partial charge is 0.172 e. The summed E-state index contributed by atoms with van der Waals surface area (Å²) in [4.78, 5) is 11.1. The molecule has 1 aromatic carbocycles. The molecule has 4 nitrogen and oxygen atoms in total. The molecule has 0 saturated heterocycles. The van der Waals surface area contributed by atoms with E-state index in [1.54, 1.807) is 0 Å². The Labute approximate surface area is 113 Å². The Hall–Kier alpha value is -1.97. The first kappa shape index (κ1) is 13.5. The van der Waals surface area contributed by atoms with Crippen LogP contribution >= 0.6 is 0 Å². The molecule has 0 bridgehead atoms. The van der Waals surface area contributed by atoms with Gasteiger partial charge in [0.25, 0.3) is 0 Å². The zero-order valence-electron chi connectivity index (χ0n) is 11.5. The largest absolute Gasteiger partial charge is 0.296 e. The number of carbonyl (C=O) groups excluding carboxylic acids is 1. The molecule has 0 fully saturated rings. The minimum Gasteiger partial charge on any atom is -0.296 e. The Balaban J connectivity index is 2.49. The van der Waals surface area contributed by atoms with Gasteiger partial charge < -0.3 is 0 Å². The van der Waals surface area contributed by atoms with Crippen LogP contribution in [0.5, 0.6) is 0 Å². The zero-order chi connectivity index (χ0) is 13.7. The fraction of sp³-hybridized carbons (Fsp3) is 0.400. The first-order valence-electron chi connectivity index (χ1n) is 6.79. The van der Waals surface area contributed by atoms with E-state index in [9.17, 15) is 4.79 Å². The lowest BCUT2D eigenvalue weighted by atomic mass is 10.1. The average Bonchev–Trinajstić information content (AvgIpc) is 2.87. The predicted molar refractivity (Wildman–Crippen MR) is 74.7 cm³/mol. The van der Waals surface area contributed by atoms with Crippen molar-refractivity contribution in [2.75, 3.05) is 0 Å². The Morgan fingerprint density at radius 1 is 1.26 bits per heavy atom. The molecule has 2 rings (SSSR count). The summed E-state index contributed by atoms with van der Waals surface area (Å²) >= 11 is 0. The number of nitrogens with zero attached hydrogens (tertiary/aromatic N) is 3. The standard InChI is InChI=1S/C15H19N3O/c1-3-5-9-15-13(11-19)16-17-18(15)14-10-7-6-8-12(14)4-2/h6-8,10-11H,3-5,9H2,1-2H3. The number of rotatable bonds is 6. The number of para-hydroxylation sites is 1. The summed E-state index contributed by atoms with van der Waals surface area (Å²) in [5.74, 6) is 0. The molecule has 0 saturated carbocycles. The lowest BCUT2D eigenvalue weighted by molar-refractivity contribution is 0.111. The lowest BCUT2D eigenvalue weighted by Gasteiger charge is -2.10. The molecular weight excluding hydrogens is 238 g/mol. The number of aryl methyl sites for hydroxylation is 1. The third-order valence-electron chi connectivity index (χ3n) is 3.27. The van der Waals surface area contributed by atoms with Crippen LogP contribution in [0.15, 0.2) is 24.3 Å². The fourth-order valence-corrected chi connectivity index (χ4v) is 2.19. The molecule has 19 heavy (non-hydrogen) atoms. The minimum absolute atomic E-state index is 0.458. The van der Waals surface area contributed by atoms with Crippen LogP contribution in [0.25, 0.3) is 5.69 Å². The molecular formula is C15H19N3O. The van der Waals surface area contributed by atoms with Crippen molar-refractivity contribution < 1.29 is 4.79 Å². The molecule has 0 N–H and O–H groups in total. The Kier molecular flexibility index (Phi) is 4.44. The summed E-state index contributed by atoms with van der Waals surface area (Å²) in [6, 6.07) is 8.12. The second-order valence-electron chi connectivity index (χ2n) is 4.54. The topological polar surface area (TPSA) is 47.8 Å². The first-order valence-corrected chi connectivity index (χ1v) is 6.79. The van der Waals surface area contributed by atoms with E-state index in [0.29, 0.717) is 5.69 Å². The van der Waals surface area contributed by atoms with Crippen LogP contribution in [0.3, 0.4) is 0 Å². The van der Waals surface area contributed by atoms with Crippen molar-refractivity contribution in [3.63, 3.8) is 0 Å². The van der Waals surface area contributed by atoms with Crippen LogP contribution in [0.2, 0.25) is 0 Å². The van der Waals surface area contributed by atoms with E-state index in [-0.39, 0.29) is 0 Å². The summed E-state index contributed by atoms with van der Waals surface area (Å²) in [5.41, 5.74) is 3.61. The summed E-state index contributed by atoms with van der Waals surface area (Å²) in [7, 11) is 0. The van der Waals surface area contributed by atoms with Gasteiger partial charge >= 0.3 is 0 Å². The van der Waals surface area contributed by atoms with Gasteiger partial charge in [0.05, 0.1) is 11.4 Å². The molecule has 1 heterocycles. The number of aromatic nitrogens is 3. The second-order valence-corrected chi connectivity index (χ2v) is 4.54. The van der Waals surface area contributed by atoms with E-state index < -0.39 is 0 Å². The van der Waals surface area contributed by atoms with Crippen molar-refractivity contribution >= 4 is 6.29 Å². The maximum Gasteiger partial charge on any atom is 0.172 e. The number of aldehydes is 1. The van der Waals surface area contributed by atoms with E-state index in [0.717, 1.165) is 43.4 Å². The molecule has 4 heteroatoms. The molecule has 100 valence electrons. The second kappa shape index (κ2) is 6.27. The monoisotopic (exact) mass is 257 g/mol. The van der Waals surface area contributed by atoms with Gasteiger partial charge in [0, 0.05) is 0 Å². The molecule has 0 radical (unpaired) electrons. The average molecular weight is 257 g/mol. The highest BCUT2D eigenvalue weighted by Gasteiger charge is 2.14. The van der Waals surface area contributed by atoms with Gasteiger partial charge in [-0.25, -0.2) is 4.68 Å². The molecule has 0 unspecified atom stereocenters. The van der Waals surface area contributed by atoms with Crippen molar-refractivity contribution in [1.82, 2.24) is 15.0 Å².